The van der Waals surface area contributed by atoms with E-state index in [4.69, 9.17) is 69.6 Å². The highest BCUT2D eigenvalue weighted by molar-refractivity contribution is 6.14. The number of amides is 1. The first kappa shape index (κ1) is 97.2. The van der Waals surface area contributed by atoms with Gasteiger partial charge in [-0.3, -0.25) is 19.9 Å². The highest BCUT2D eigenvalue weighted by Gasteiger charge is 2.30. The molecule has 588 valence electrons. The molecule has 10 rings (SSSR count). The number of hydrogen-bond acceptors (Lipinski definition) is 14. The first-order chi connectivity index (χ1) is 50.3. The van der Waals surface area contributed by atoms with Crippen molar-refractivity contribution >= 4 is 29.0 Å². The van der Waals surface area contributed by atoms with E-state index in [1.165, 1.54) is 17.2 Å². The molecule has 1 atom stereocenters. The lowest BCUT2D eigenvalue weighted by atomic mass is 9.84. The number of aliphatic imine (C=N–C) groups is 3. The van der Waals surface area contributed by atoms with Gasteiger partial charge in [0, 0.05) is 87.3 Å². The Morgan fingerprint density at radius 1 is 0.582 bits per heavy atom. The zero-order valence-electron chi connectivity index (χ0n) is 71.8. The van der Waals surface area contributed by atoms with E-state index >= 15 is 0 Å². The third kappa shape index (κ3) is 35.0. The number of aromatic amines is 2. The van der Waals surface area contributed by atoms with E-state index in [9.17, 15) is 9.59 Å². The predicted molar refractivity (Wildman–Crippen MR) is 454 cm³/mol. The van der Waals surface area contributed by atoms with Crippen molar-refractivity contribution < 1.29 is 27.8 Å². The Morgan fingerprint density at radius 3 is 1.52 bits per heavy atom. The van der Waals surface area contributed by atoms with Crippen molar-refractivity contribution in [1.29, 1.82) is 0 Å². The molecular formula is C93H125N11O6. The van der Waals surface area contributed by atoms with Crippen LogP contribution in [0.2, 0.25) is 0 Å². The fourth-order valence-electron chi connectivity index (χ4n) is 9.27. The topological polar surface area (TPSA) is 219 Å². The average molecular weight is 1490 g/mol. The summed E-state index contributed by atoms with van der Waals surface area (Å²) in [5.41, 5.74) is 12.7. The summed E-state index contributed by atoms with van der Waals surface area (Å²) in [6, 6.07) is 3.69. The summed E-state index contributed by atoms with van der Waals surface area (Å²) in [7, 11) is 0. The van der Waals surface area contributed by atoms with E-state index < -0.39 is 0 Å². The number of carbonyl (C=O) groups is 2. The molecule has 5 aliphatic rings. The number of aromatic nitrogens is 7. The Bertz CT molecular complexity index is 4220. The van der Waals surface area contributed by atoms with Crippen molar-refractivity contribution in [3.8, 4) is 98.8 Å². The molecule has 5 aromatic heterocycles. The Labute approximate surface area is 661 Å². The summed E-state index contributed by atoms with van der Waals surface area (Å²) in [4.78, 5) is 47.8. The molecule has 10 heterocycles. The molecule has 0 aromatic carbocycles. The van der Waals surface area contributed by atoms with Crippen molar-refractivity contribution in [2.24, 2.45) is 36.6 Å². The molecule has 0 radical (unpaired) electrons. The van der Waals surface area contributed by atoms with Gasteiger partial charge in [-0.15, -0.1) is 51.4 Å². The van der Waals surface area contributed by atoms with Gasteiger partial charge in [0.1, 0.15) is 41.5 Å². The van der Waals surface area contributed by atoms with Gasteiger partial charge in [-0.05, 0) is 102 Å². The number of esters is 1. The minimum atomic E-state index is -0.212. The SMILES string of the molecule is C#CC1=NC(C(C)(C)C)=CC1.C#CC1=NCC(C(C)(C)C)=C1.C#CC1=NCC=C1C(C)(C)C.C#Cc1cc(C(C)(C)C)n[nH]1.C#Cc1cc(C(C)(C)C)on1.C#Cc1nc(C(C)(C)C)co1.C#Cc1ncc(C(C)(C)C)[nH]1.C#Cc1nocc1C(C)(C)C.CC(C)(C)C1CC=CC(=O)O1.CC(C)(C)N1CCC=CC1=O. The van der Waals surface area contributed by atoms with Crippen LogP contribution < -0.4 is 0 Å². The summed E-state index contributed by atoms with van der Waals surface area (Å²) < 4.78 is 19.9. The smallest absolute Gasteiger partial charge is 0.330 e. The van der Waals surface area contributed by atoms with E-state index in [1.807, 2.05) is 50.0 Å². The van der Waals surface area contributed by atoms with Crippen LogP contribution in [0.1, 0.15) is 284 Å². The van der Waals surface area contributed by atoms with Gasteiger partial charge in [-0.1, -0.05) is 245 Å². The van der Waals surface area contributed by atoms with Crippen molar-refractivity contribution in [2.75, 3.05) is 19.6 Å². The second kappa shape index (κ2) is 41.7. The van der Waals surface area contributed by atoms with Gasteiger partial charge in [0.15, 0.2) is 17.2 Å². The Hall–Kier alpha value is -10.8. The molecule has 5 aromatic rings. The molecule has 0 saturated heterocycles. The number of terminal acetylenes is 8. The number of allylic oxidation sites excluding steroid dienone is 4. The van der Waals surface area contributed by atoms with Crippen LogP contribution in [0.4, 0.5) is 0 Å². The van der Waals surface area contributed by atoms with E-state index in [0.29, 0.717) is 23.1 Å². The van der Waals surface area contributed by atoms with Crippen molar-refractivity contribution in [1.82, 2.24) is 40.4 Å². The number of carbonyl (C=O) groups excluding carboxylic acids is 2. The highest BCUT2D eigenvalue weighted by atomic mass is 16.5. The Kier molecular flexibility index (Phi) is 36.8. The predicted octanol–water partition coefficient (Wildman–Crippen LogP) is 19.2. The fraction of sp³-hybridized carbons (Fsp3) is 0.505. The molecule has 17 nitrogen and oxygen atoms in total. The maximum atomic E-state index is 11.3. The molecule has 0 bridgehead atoms. The van der Waals surface area contributed by atoms with Gasteiger partial charge < -0.3 is 28.1 Å². The Morgan fingerprint density at radius 2 is 1.21 bits per heavy atom. The fourth-order valence-corrected chi connectivity index (χ4v) is 9.27. The molecule has 1 unspecified atom stereocenters. The largest absolute Gasteiger partial charge is 0.458 e. The molecule has 0 saturated carbocycles. The quantitative estimate of drug-likeness (QED) is 0.110. The number of imidazole rings is 1. The van der Waals surface area contributed by atoms with Crippen LogP contribution in [0.15, 0.2) is 119 Å². The first-order valence-corrected chi connectivity index (χ1v) is 36.7. The van der Waals surface area contributed by atoms with Crippen molar-refractivity contribution in [3.63, 3.8) is 0 Å². The molecule has 0 aliphatic carbocycles. The second-order valence-corrected chi connectivity index (χ2v) is 36.5. The van der Waals surface area contributed by atoms with Gasteiger partial charge in [0.05, 0.1) is 30.2 Å². The number of rotatable bonds is 0. The summed E-state index contributed by atoms with van der Waals surface area (Å²) >= 11 is 0. The monoisotopic (exact) mass is 1490 g/mol. The van der Waals surface area contributed by atoms with Gasteiger partial charge in [-0.2, -0.15) is 5.10 Å². The number of nitrogens with one attached hydrogen (secondary N) is 2. The lowest BCUT2D eigenvalue weighted by molar-refractivity contribution is -0.149. The van der Waals surface area contributed by atoms with Crippen LogP contribution in [-0.4, -0.2) is 101 Å². The summed E-state index contributed by atoms with van der Waals surface area (Å²) in [5, 5.41) is 14.2. The van der Waals surface area contributed by atoms with Crippen LogP contribution in [0, 0.1) is 120 Å². The maximum Gasteiger partial charge on any atom is 0.330 e. The first-order valence-electron chi connectivity index (χ1n) is 36.7. The molecular weight excluding hydrogens is 1370 g/mol. The van der Waals surface area contributed by atoms with E-state index in [0.717, 1.165) is 95.8 Å². The van der Waals surface area contributed by atoms with Crippen molar-refractivity contribution in [3.05, 3.63) is 147 Å². The minimum Gasteiger partial charge on any atom is -0.458 e. The zero-order valence-corrected chi connectivity index (χ0v) is 71.8. The van der Waals surface area contributed by atoms with Crippen LogP contribution in [0.5, 0.6) is 0 Å². The molecule has 0 fully saturated rings. The lowest BCUT2D eigenvalue weighted by Gasteiger charge is -2.36. The molecule has 17 heteroatoms. The van der Waals surface area contributed by atoms with E-state index in [-0.39, 0.29) is 72.3 Å². The summed E-state index contributed by atoms with van der Waals surface area (Å²) in [6.07, 6.45) is 62.4. The van der Waals surface area contributed by atoms with Crippen LogP contribution in [0.3, 0.4) is 0 Å². The lowest BCUT2D eigenvalue weighted by Crippen LogP contribution is -2.46. The molecule has 5 aliphatic heterocycles. The van der Waals surface area contributed by atoms with Crippen molar-refractivity contribution in [2.45, 2.75) is 266 Å². The summed E-state index contributed by atoms with van der Waals surface area (Å²) in [6.45, 7) is 65.4. The average Bonchev–Trinajstić information content (AvgIpc) is 1.03. The zero-order chi connectivity index (χ0) is 84.8. The molecule has 0 spiro atoms. The summed E-state index contributed by atoms with van der Waals surface area (Å²) in [5.74, 6) is 21.6. The van der Waals surface area contributed by atoms with Crippen LogP contribution in [-0.2, 0) is 41.4 Å². The maximum absolute atomic E-state index is 11.3. The number of oxazole rings is 1. The molecule has 1 amide bonds. The number of hydrogen-bond donors (Lipinski definition) is 2. The number of cyclic esters (lactones) is 1. The third-order valence-electron chi connectivity index (χ3n) is 16.3. The van der Waals surface area contributed by atoms with E-state index in [2.05, 4.69) is 297 Å². The van der Waals surface area contributed by atoms with Gasteiger partial charge in [0.2, 0.25) is 5.91 Å². The number of ether oxygens (including phenoxy) is 1. The molecule has 2 N–H and O–H groups in total. The Balaban J connectivity index is 0.000000611. The van der Waals surface area contributed by atoms with E-state index in [1.54, 1.807) is 30.9 Å². The minimum absolute atomic E-state index is 0.0118. The third-order valence-corrected chi connectivity index (χ3v) is 16.3. The number of nitrogens with zero attached hydrogens (tertiary/aromatic N) is 9. The van der Waals surface area contributed by atoms with Crippen LogP contribution >= 0.6 is 0 Å². The number of H-pyrrole nitrogens is 2. The highest BCUT2D eigenvalue weighted by Crippen LogP contribution is 2.33. The standard InChI is InChI=1S/3C10H13N.2C9H12N2.C9H15NO.3C9H11NO.C9H14O2/c1-5-9-6-8(7-11-9)10(2,3)4;1-5-9-8(6-7-11-9)10(2,3)4;1-5-8-6-7-9(11-8)10(2,3)4;1-5-8-10-6-7(11-8)9(2,3)4;1-5-7-6-8(11-10-7)9(2,3)4;1-9(2,3)10-7-5-4-6-8(10)11;1-5-8-10-7(6-11-8)9(2,3)4;1-5-8-7(6-11-10-8)9(2,3)4;1-5-7-6-8(11-10-7)9(2,3)4;1-9(2,3)7-5-4-6-8(10)11-7/h2*1,6H,7H2,2-4H3;1,7H,6H2,2-4H3;2*1,6H,2-4H3,(H,10,11);4,6H,5,7H2,1-3H3;3*1,6H,2-4H3;4,6-7H,5H2,1-3H3. The van der Waals surface area contributed by atoms with Gasteiger partial charge in [-0.25, -0.2) is 19.8 Å². The van der Waals surface area contributed by atoms with Crippen LogP contribution in [0.25, 0.3) is 0 Å². The normalized spacial score (nSPS) is 15.1. The van der Waals surface area contributed by atoms with Gasteiger partial charge in [0.25, 0.3) is 5.89 Å². The molecule has 110 heavy (non-hydrogen) atoms. The van der Waals surface area contributed by atoms with Gasteiger partial charge >= 0.3 is 5.97 Å². The second-order valence-electron chi connectivity index (χ2n) is 36.5.